The van der Waals surface area contributed by atoms with Crippen LogP contribution in [-0.4, -0.2) is 109 Å². The normalized spacial score (nSPS) is 31.1. The first-order valence-electron chi connectivity index (χ1n) is 17.6. The van der Waals surface area contributed by atoms with Gasteiger partial charge in [-0.25, -0.2) is 4.68 Å². The van der Waals surface area contributed by atoms with E-state index in [-0.39, 0.29) is 38.1 Å². The zero-order valence-electron chi connectivity index (χ0n) is 29.2. The molecule has 5 bridgehead atoms. The summed E-state index contributed by atoms with van der Waals surface area (Å²) >= 11 is 0. The number of nitrogens with zero attached hydrogens (tertiary/aromatic N) is 6. The molecular formula is C38H44N6O7. The number of aliphatic hydroxyl groups excluding tert-OH is 1. The van der Waals surface area contributed by atoms with Crippen molar-refractivity contribution in [3.63, 3.8) is 0 Å². The summed E-state index contributed by atoms with van der Waals surface area (Å²) in [5, 5.41) is 19.3. The maximum absolute atomic E-state index is 15.1. The maximum atomic E-state index is 15.1. The predicted molar refractivity (Wildman–Crippen MR) is 185 cm³/mol. The fourth-order valence-corrected chi connectivity index (χ4v) is 8.13. The lowest BCUT2D eigenvalue weighted by Gasteiger charge is -2.40. The summed E-state index contributed by atoms with van der Waals surface area (Å²) in [6.45, 7) is 5.34. The molecule has 268 valence electrons. The average Bonchev–Trinajstić information content (AvgIpc) is 3.89. The molecule has 8 atom stereocenters. The quantitative estimate of drug-likeness (QED) is 0.304. The molecule has 1 aromatic heterocycles. The lowest BCUT2D eigenvalue weighted by Crippen LogP contribution is -2.59. The van der Waals surface area contributed by atoms with Gasteiger partial charge in [-0.2, -0.15) is 0 Å². The van der Waals surface area contributed by atoms with E-state index >= 15 is 4.79 Å². The van der Waals surface area contributed by atoms with E-state index in [0.29, 0.717) is 17.5 Å². The summed E-state index contributed by atoms with van der Waals surface area (Å²) in [5.74, 6) is -4.02. The molecule has 1 N–H and O–H groups in total. The highest BCUT2D eigenvalue weighted by Gasteiger charge is 2.74. The minimum absolute atomic E-state index is 0.00495. The zero-order valence-corrected chi connectivity index (χ0v) is 29.2. The molecule has 0 radical (unpaired) electrons. The van der Waals surface area contributed by atoms with Gasteiger partial charge in [0.2, 0.25) is 11.8 Å². The lowest BCUT2D eigenvalue weighted by atomic mass is 9.74. The third-order valence-corrected chi connectivity index (χ3v) is 11.0. The number of rotatable bonds is 6. The molecule has 2 fully saturated rings. The van der Waals surface area contributed by atoms with Crippen LogP contribution in [0.2, 0.25) is 0 Å². The van der Waals surface area contributed by atoms with Crippen molar-refractivity contribution in [1.82, 2.24) is 29.7 Å². The highest BCUT2D eigenvalue weighted by Crippen LogP contribution is 2.56. The highest BCUT2D eigenvalue weighted by molar-refractivity contribution is 5.99. The number of aromatic nitrogens is 3. The van der Waals surface area contributed by atoms with Gasteiger partial charge in [-0.1, -0.05) is 85.8 Å². The summed E-state index contributed by atoms with van der Waals surface area (Å²) in [6, 6.07) is 14.2. The van der Waals surface area contributed by atoms with Crippen molar-refractivity contribution in [3.8, 4) is 0 Å². The molecule has 1 spiro atoms. The number of likely N-dealkylation sites (tertiary alicyclic amines) is 1. The topological polar surface area (TPSA) is 147 Å². The Morgan fingerprint density at radius 3 is 2.49 bits per heavy atom. The second-order valence-corrected chi connectivity index (χ2v) is 14.2. The second-order valence-electron chi connectivity index (χ2n) is 14.2. The first-order valence-corrected chi connectivity index (χ1v) is 17.6. The summed E-state index contributed by atoms with van der Waals surface area (Å²) in [5.41, 5.74) is 0.607. The number of cyclic esters (lactones) is 1. The number of hydrogen-bond donors (Lipinski definition) is 1. The largest absolute Gasteiger partial charge is 0.455 e. The molecule has 0 aliphatic carbocycles. The van der Waals surface area contributed by atoms with Gasteiger partial charge in [-0.3, -0.25) is 19.2 Å². The Kier molecular flexibility index (Phi) is 9.27. The molecular weight excluding hydrogens is 652 g/mol. The molecule has 2 saturated heterocycles. The molecule has 5 heterocycles. The molecule has 3 amide bonds. The Hall–Kier alpha value is -4.88. The van der Waals surface area contributed by atoms with Crippen LogP contribution in [0.3, 0.4) is 0 Å². The Balaban J connectivity index is 1.34. The van der Waals surface area contributed by atoms with Crippen LogP contribution >= 0.6 is 0 Å². The van der Waals surface area contributed by atoms with Crippen molar-refractivity contribution in [2.45, 2.75) is 76.2 Å². The van der Waals surface area contributed by atoms with E-state index in [1.807, 2.05) is 87.5 Å². The highest BCUT2D eigenvalue weighted by atomic mass is 16.6. The van der Waals surface area contributed by atoms with Gasteiger partial charge in [0.25, 0.3) is 5.91 Å². The van der Waals surface area contributed by atoms with Gasteiger partial charge >= 0.3 is 5.97 Å². The number of aliphatic hydroxyl groups is 1. The number of carbonyl (C=O) groups is 4. The summed E-state index contributed by atoms with van der Waals surface area (Å²) < 4.78 is 14.5. The van der Waals surface area contributed by atoms with Crippen molar-refractivity contribution in [2.75, 3.05) is 20.2 Å². The molecule has 4 aliphatic rings. The minimum Gasteiger partial charge on any atom is -0.455 e. The predicted octanol–water partition coefficient (Wildman–Crippen LogP) is 2.87. The van der Waals surface area contributed by atoms with Crippen LogP contribution in [-0.2, 0) is 35.3 Å². The van der Waals surface area contributed by atoms with E-state index in [1.54, 1.807) is 33.7 Å². The SMILES string of the molecule is CC(C)[C@H](CO)N1C(=O)[C@H]2[C@@H]3C(=O)O[C@H](c4ccccc4)[C@@H](C)N(C)C(=O)CC/C=C\CN(Cn4nnc5ccccc54)C(=O)[C@H]1[C@@]21C=C[C@@H]3O1. The number of amides is 3. The fourth-order valence-electron chi connectivity index (χ4n) is 8.13. The van der Waals surface area contributed by atoms with Crippen LogP contribution in [0.25, 0.3) is 11.0 Å². The summed E-state index contributed by atoms with van der Waals surface area (Å²) in [7, 11) is 1.69. The van der Waals surface area contributed by atoms with Crippen LogP contribution in [0.1, 0.15) is 45.3 Å². The molecule has 3 aromatic rings. The van der Waals surface area contributed by atoms with Crippen LogP contribution in [0.5, 0.6) is 0 Å². The standard InChI is InChI=1S/C38H44N6O7/c1-23(2)28(21-45)44-34-36(48)42(22-43-27-16-11-10-15-26(27)39-40-43)20-12-6-9-17-30(46)41(4)24(3)33(25-13-7-5-8-14-25)50-37(49)31-29-18-19-38(34,51-29)32(31)35(44)47/h5-8,10-16,18-19,23-24,28-29,31-34,45H,9,17,20-22H2,1-4H3/b12-6-/t24-,28+,29+,31-,32-,33+,34+,38-/m1/s1. The lowest BCUT2D eigenvalue weighted by molar-refractivity contribution is -0.164. The number of allylic oxidation sites excluding steroid dienone is 1. The van der Waals surface area contributed by atoms with E-state index < -0.39 is 65.6 Å². The van der Waals surface area contributed by atoms with Gasteiger partial charge in [0.05, 0.1) is 36.2 Å². The monoisotopic (exact) mass is 696 g/mol. The Morgan fingerprint density at radius 1 is 1.00 bits per heavy atom. The Bertz CT molecular complexity index is 1880. The molecule has 51 heavy (non-hydrogen) atoms. The molecule has 2 aromatic carbocycles. The second kappa shape index (κ2) is 13.7. The Labute approximate surface area is 296 Å². The third-order valence-electron chi connectivity index (χ3n) is 11.0. The van der Waals surface area contributed by atoms with Gasteiger partial charge in [-0.15, -0.1) is 5.10 Å². The molecule has 4 aliphatic heterocycles. The van der Waals surface area contributed by atoms with Crippen molar-refractivity contribution in [3.05, 3.63) is 84.5 Å². The van der Waals surface area contributed by atoms with Crippen LogP contribution in [0.4, 0.5) is 0 Å². The number of hydrogen-bond acceptors (Lipinski definition) is 9. The minimum atomic E-state index is -1.48. The van der Waals surface area contributed by atoms with Crippen molar-refractivity contribution < 1.29 is 33.8 Å². The van der Waals surface area contributed by atoms with Gasteiger partial charge in [0.1, 0.15) is 35.9 Å². The molecule has 0 saturated carbocycles. The summed E-state index contributed by atoms with van der Waals surface area (Å²) in [6.07, 6.45) is 6.15. The molecule has 13 heteroatoms. The maximum Gasteiger partial charge on any atom is 0.313 e. The van der Waals surface area contributed by atoms with Crippen molar-refractivity contribution >= 4 is 34.7 Å². The zero-order chi connectivity index (χ0) is 36.0. The Morgan fingerprint density at radius 2 is 1.75 bits per heavy atom. The average molecular weight is 697 g/mol. The number of fused-ring (bicyclic) bond motifs is 3. The van der Waals surface area contributed by atoms with E-state index in [0.717, 1.165) is 5.52 Å². The first-order chi connectivity index (χ1) is 24.6. The van der Waals surface area contributed by atoms with Crippen LogP contribution in [0, 0.1) is 17.8 Å². The van der Waals surface area contributed by atoms with Crippen molar-refractivity contribution in [1.29, 1.82) is 0 Å². The molecule has 7 rings (SSSR count). The fraction of sp³-hybridized carbons (Fsp3) is 0.474. The number of ether oxygens (including phenoxy) is 2. The van der Waals surface area contributed by atoms with Gasteiger partial charge in [-0.05, 0) is 37.0 Å². The van der Waals surface area contributed by atoms with E-state index in [9.17, 15) is 19.5 Å². The number of benzene rings is 2. The molecule has 0 unspecified atom stereocenters. The molecule has 13 nitrogen and oxygen atoms in total. The third kappa shape index (κ3) is 5.81. The van der Waals surface area contributed by atoms with E-state index in [1.165, 1.54) is 4.90 Å². The number of esters is 1. The van der Waals surface area contributed by atoms with Gasteiger partial charge in [0, 0.05) is 20.0 Å². The first kappa shape index (κ1) is 34.6. The van der Waals surface area contributed by atoms with Gasteiger partial charge < -0.3 is 29.3 Å². The van der Waals surface area contributed by atoms with Crippen molar-refractivity contribution in [2.24, 2.45) is 17.8 Å². The number of para-hydroxylation sites is 1. The smallest absolute Gasteiger partial charge is 0.313 e. The summed E-state index contributed by atoms with van der Waals surface area (Å²) in [4.78, 5) is 62.3. The number of carbonyl (C=O) groups excluding carboxylic acids is 4. The van der Waals surface area contributed by atoms with E-state index in [2.05, 4.69) is 10.3 Å². The van der Waals surface area contributed by atoms with Gasteiger partial charge in [0.15, 0.2) is 0 Å². The van der Waals surface area contributed by atoms with Crippen LogP contribution < -0.4 is 0 Å². The van der Waals surface area contributed by atoms with E-state index in [4.69, 9.17) is 9.47 Å². The van der Waals surface area contributed by atoms with Crippen LogP contribution in [0.15, 0.2) is 78.9 Å². The number of likely N-dealkylation sites (N-methyl/N-ethyl adjacent to an activating group) is 1.